The van der Waals surface area contributed by atoms with Crippen LogP contribution in [0.5, 0.6) is 0 Å². The van der Waals surface area contributed by atoms with Crippen LogP contribution in [0.2, 0.25) is 10.0 Å². The summed E-state index contributed by atoms with van der Waals surface area (Å²) in [7, 11) is -3.15. The Kier molecular flexibility index (Phi) is 9.52. The number of carbonyl (C=O) groups excluding carboxylic acids is 2. The lowest BCUT2D eigenvalue weighted by Crippen LogP contribution is -2.50. The first-order valence-corrected chi connectivity index (χ1v) is 13.7. The van der Waals surface area contributed by atoms with Crippen molar-refractivity contribution in [1.82, 2.24) is 10.2 Å². The Morgan fingerprint density at radius 1 is 0.974 bits per heavy atom. The van der Waals surface area contributed by atoms with Crippen LogP contribution in [0, 0.1) is 0 Å². The van der Waals surface area contributed by atoms with Crippen LogP contribution >= 0.6 is 23.2 Å². The van der Waals surface area contributed by atoms with Gasteiger partial charge in [-0.1, -0.05) is 53.5 Å². The first-order chi connectivity index (χ1) is 18.3. The molecule has 39 heavy (non-hydrogen) atoms. The molecular formula is C26H24Cl2F3N3O4S. The van der Waals surface area contributed by atoms with E-state index in [1.165, 1.54) is 38.2 Å². The zero-order valence-corrected chi connectivity index (χ0v) is 23.1. The fourth-order valence-electron chi connectivity index (χ4n) is 3.71. The molecule has 0 radical (unpaired) electrons. The van der Waals surface area contributed by atoms with E-state index < -0.39 is 56.9 Å². The van der Waals surface area contributed by atoms with Crippen molar-refractivity contribution in [3.63, 3.8) is 0 Å². The summed E-state index contributed by atoms with van der Waals surface area (Å²) >= 11 is 11.7. The van der Waals surface area contributed by atoms with E-state index >= 15 is 0 Å². The van der Waals surface area contributed by atoms with E-state index in [0.29, 0.717) is 21.0 Å². The summed E-state index contributed by atoms with van der Waals surface area (Å²) in [6.07, 6.45) is -4.88. The third-order valence-electron chi connectivity index (χ3n) is 5.83. The molecule has 0 aliphatic rings. The SMILES string of the molecule is CNC(=O)[C@@H](C)N(Cc1ccc(Cl)cc1)C(=O)CN(c1ccc(Cl)c(C(F)(F)F)c1)S(=O)(=O)c1ccccc1. The van der Waals surface area contributed by atoms with E-state index in [4.69, 9.17) is 23.2 Å². The maximum absolute atomic E-state index is 13.7. The van der Waals surface area contributed by atoms with Gasteiger partial charge in [0.05, 0.1) is 21.2 Å². The van der Waals surface area contributed by atoms with Crippen molar-refractivity contribution in [1.29, 1.82) is 0 Å². The van der Waals surface area contributed by atoms with Crippen molar-refractivity contribution in [2.75, 3.05) is 17.9 Å². The molecule has 13 heteroatoms. The van der Waals surface area contributed by atoms with Gasteiger partial charge < -0.3 is 10.2 Å². The predicted molar refractivity (Wildman–Crippen MR) is 143 cm³/mol. The summed E-state index contributed by atoms with van der Waals surface area (Å²) in [5.41, 5.74) is -1.10. The van der Waals surface area contributed by atoms with Gasteiger partial charge in [0.25, 0.3) is 10.0 Å². The van der Waals surface area contributed by atoms with E-state index in [9.17, 15) is 31.2 Å². The molecule has 0 saturated carbocycles. The summed E-state index contributed by atoms with van der Waals surface area (Å²) in [4.78, 5) is 27.0. The van der Waals surface area contributed by atoms with Crippen LogP contribution in [0.3, 0.4) is 0 Å². The van der Waals surface area contributed by atoms with Gasteiger partial charge in [-0.25, -0.2) is 8.42 Å². The second kappa shape index (κ2) is 12.3. The molecule has 0 heterocycles. The van der Waals surface area contributed by atoms with Gasteiger partial charge in [0, 0.05) is 18.6 Å². The smallest absolute Gasteiger partial charge is 0.357 e. The average Bonchev–Trinajstić information content (AvgIpc) is 2.90. The zero-order chi connectivity index (χ0) is 29.0. The van der Waals surface area contributed by atoms with E-state index in [2.05, 4.69) is 5.32 Å². The molecule has 0 aliphatic carbocycles. The van der Waals surface area contributed by atoms with Gasteiger partial charge in [-0.15, -0.1) is 0 Å². The van der Waals surface area contributed by atoms with Crippen LogP contribution in [0.25, 0.3) is 0 Å². The maximum atomic E-state index is 13.7. The monoisotopic (exact) mass is 601 g/mol. The van der Waals surface area contributed by atoms with Crippen molar-refractivity contribution < 1.29 is 31.2 Å². The number of hydrogen-bond acceptors (Lipinski definition) is 4. The highest BCUT2D eigenvalue weighted by molar-refractivity contribution is 7.92. The number of sulfonamides is 1. The van der Waals surface area contributed by atoms with Crippen molar-refractivity contribution >= 4 is 50.7 Å². The normalized spacial score (nSPS) is 12.5. The lowest BCUT2D eigenvalue weighted by Gasteiger charge is -2.32. The number of rotatable bonds is 9. The number of amides is 2. The molecule has 0 unspecified atom stereocenters. The molecule has 0 aliphatic heterocycles. The average molecular weight is 602 g/mol. The molecule has 0 fully saturated rings. The number of nitrogens with one attached hydrogen (secondary N) is 1. The van der Waals surface area contributed by atoms with Crippen molar-refractivity contribution in [3.8, 4) is 0 Å². The summed E-state index contributed by atoms with van der Waals surface area (Å²) < 4.78 is 68.7. The predicted octanol–water partition coefficient (Wildman–Crippen LogP) is 5.37. The molecule has 0 saturated heterocycles. The quantitative estimate of drug-likeness (QED) is 0.357. The molecule has 7 nitrogen and oxygen atoms in total. The largest absolute Gasteiger partial charge is 0.417 e. The van der Waals surface area contributed by atoms with Gasteiger partial charge in [0.15, 0.2) is 0 Å². The van der Waals surface area contributed by atoms with Crippen LogP contribution in [0.1, 0.15) is 18.1 Å². The Labute approximate surface area is 234 Å². The molecule has 0 aromatic heterocycles. The Hall–Kier alpha value is -3.28. The van der Waals surface area contributed by atoms with Gasteiger partial charge in [-0.3, -0.25) is 13.9 Å². The zero-order valence-electron chi connectivity index (χ0n) is 20.7. The summed E-state index contributed by atoms with van der Waals surface area (Å²) in [5.74, 6) is -1.36. The van der Waals surface area contributed by atoms with Crippen molar-refractivity contribution in [3.05, 3.63) is 94.0 Å². The minimum Gasteiger partial charge on any atom is -0.357 e. The fraction of sp³-hybridized carbons (Fsp3) is 0.231. The molecule has 3 aromatic carbocycles. The van der Waals surface area contributed by atoms with E-state index in [0.717, 1.165) is 17.0 Å². The maximum Gasteiger partial charge on any atom is 0.417 e. The van der Waals surface area contributed by atoms with Crippen LogP contribution in [0.15, 0.2) is 77.7 Å². The van der Waals surface area contributed by atoms with Gasteiger partial charge in [-0.2, -0.15) is 13.2 Å². The molecule has 2 amide bonds. The molecular weight excluding hydrogens is 578 g/mol. The number of alkyl halides is 3. The third-order valence-corrected chi connectivity index (χ3v) is 8.20. The minimum absolute atomic E-state index is 0.0990. The summed E-state index contributed by atoms with van der Waals surface area (Å²) in [6.45, 7) is 0.454. The van der Waals surface area contributed by atoms with Crippen molar-refractivity contribution in [2.45, 2.75) is 30.6 Å². The van der Waals surface area contributed by atoms with E-state index in [1.54, 1.807) is 30.3 Å². The molecule has 3 aromatic rings. The number of benzene rings is 3. The first kappa shape index (κ1) is 30.3. The van der Waals surface area contributed by atoms with Crippen LogP contribution < -0.4 is 9.62 Å². The lowest BCUT2D eigenvalue weighted by molar-refractivity contribution is -0.139. The van der Waals surface area contributed by atoms with Gasteiger partial charge in [0.1, 0.15) is 12.6 Å². The van der Waals surface area contributed by atoms with Gasteiger partial charge >= 0.3 is 6.18 Å². The van der Waals surface area contributed by atoms with E-state index in [-0.39, 0.29) is 11.4 Å². The standard InChI is InChI=1S/C26H24Cl2F3N3O4S/c1-17(25(36)32-2)33(15-18-8-10-19(27)11-9-18)24(35)16-34(39(37,38)21-6-4-3-5-7-21)20-12-13-23(28)22(14-20)26(29,30)31/h3-14,17H,15-16H2,1-2H3,(H,32,36)/t17-/m1/s1. The highest BCUT2D eigenvalue weighted by Crippen LogP contribution is 2.38. The number of anilines is 1. The Morgan fingerprint density at radius 2 is 1.59 bits per heavy atom. The van der Waals surface area contributed by atoms with Gasteiger partial charge in [-0.05, 0) is 55.0 Å². The second-order valence-corrected chi connectivity index (χ2v) is 11.1. The van der Waals surface area contributed by atoms with Gasteiger partial charge in [0.2, 0.25) is 11.8 Å². The molecule has 1 atom stereocenters. The van der Waals surface area contributed by atoms with E-state index in [1.807, 2.05) is 0 Å². The Balaban J connectivity index is 2.10. The number of hydrogen-bond donors (Lipinski definition) is 1. The summed E-state index contributed by atoms with van der Waals surface area (Å²) in [6, 6.07) is 14.9. The Bertz CT molecular complexity index is 1440. The third kappa shape index (κ3) is 7.23. The topological polar surface area (TPSA) is 86.8 Å². The number of nitrogens with zero attached hydrogens (tertiary/aromatic N) is 2. The van der Waals surface area contributed by atoms with Crippen LogP contribution in [0.4, 0.5) is 18.9 Å². The fourth-order valence-corrected chi connectivity index (χ4v) is 5.49. The number of carbonyl (C=O) groups is 2. The second-order valence-electron chi connectivity index (χ2n) is 8.42. The Morgan fingerprint density at radius 3 is 2.15 bits per heavy atom. The van der Waals surface area contributed by atoms with Crippen LogP contribution in [-0.2, 0) is 32.3 Å². The lowest BCUT2D eigenvalue weighted by atomic mass is 10.1. The number of likely N-dealkylation sites (N-methyl/N-ethyl adjacent to an activating group) is 1. The molecule has 0 spiro atoms. The van der Waals surface area contributed by atoms with Crippen molar-refractivity contribution in [2.24, 2.45) is 0 Å². The first-order valence-electron chi connectivity index (χ1n) is 11.5. The highest BCUT2D eigenvalue weighted by atomic mass is 35.5. The van der Waals surface area contributed by atoms with Crippen LogP contribution in [-0.4, -0.2) is 44.8 Å². The highest BCUT2D eigenvalue weighted by Gasteiger charge is 2.36. The molecule has 0 bridgehead atoms. The summed E-state index contributed by atoms with van der Waals surface area (Å²) in [5, 5.41) is 2.25. The minimum atomic E-state index is -4.88. The molecule has 3 rings (SSSR count). The molecule has 1 N–H and O–H groups in total. The number of halogens is 5. The molecule has 208 valence electrons.